The van der Waals surface area contributed by atoms with E-state index < -0.39 is 0 Å². The summed E-state index contributed by atoms with van der Waals surface area (Å²) in [6, 6.07) is 16.3. The Balaban J connectivity index is 1.53. The van der Waals surface area contributed by atoms with E-state index in [0.29, 0.717) is 23.7 Å². The number of thioether (sulfide) groups is 1. The fraction of sp³-hybridized carbons (Fsp3) is 0.211. The van der Waals surface area contributed by atoms with Crippen molar-refractivity contribution in [3.8, 4) is 5.69 Å². The fourth-order valence-corrected chi connectivity index (χ4v) is 3.36. The van der Waals surface area contributed by atoms with Crippen molar-refractivity contribution < 1.29 is 9.18 Å². The van der Waals surface area contributed by atoms with E-state index in [-0.39, 0.29) is 17.5 Å². The fourth-order valence-electron chi connectivity index (χ4n) is 2.53. The van der Waals surface area contributed by atoms with Crippen LogP contribution in [0.15, 0.2) is 59.8 Å². The number of aromatic nitrogens is 3. The molecule has 2 aromatic carbocycles. The van der Waals surface area contributed by atoms with E-state index in [1.807, 2.05) is 41.8 Å². The summed E-state index contributed by atoms with van der Waals surface area (Å²) in [7, 11) is 0. The third kappa shape index (κ3) is 4.49. The van der Waals surface area contributed by atoms with Crippen molar-refractivity contribution in [2.45, 2.75) is 18.5 Å². The minimum Gasteiger partial charge on any atom is -0.355 e. The number of benzene rings is 2. The van der Waals surface area contributed by atoms with Gasteiger partial charge >= 0.3 is 0 Å². The first kappa shape index (κ1) is 18.1. The van der Waals surface area contributed by atoms with Gasteiger partial charge in [0.25, 0.3) is 0 Å². The maximum absolute atomic E-state index is 13.6. The lowest BCUT2D eigenvalue weighted by Crippen LogP contribution is -2.27. The Morgan fingerprint density at radius 1 is 1.12 bits per heavy atom. The molecule has 0 spiro atoms. The Hall–Kier alpha value is -2.67. The third-order valence-corrected chi connectivity index (χ3v) is 4.75. The highest BCUT2D eigenvalue weighted by molar-refractivity contribution is 7.99. The quantitative estimate of drug-likeness (QED) is 0.649. The van der Waals surface area contributed by atoms with Crippen LogP contribution >= 0.6 is 11.8 Å². The summed E-state index contributed by atoms with van der Waals surface area (Å²) in [4.78, 5) is 12.1. The molecule has 3 aromatic rings. The average Bonchev–Trinajstić information content (AvgIpc) is 3.03. The molecule has 0 aliphatic rings. The second kappa shape index (κ2) is 8.62. The second-order valence-electron chi connectivity index (χ2n) is 5.68. The Labute approximate surface area is 155 Å². The van der Waals surface area contributed by atoms with Crippen molar-refractivity contribution in [2.75, 3.05) is 12.3 Å². The summed E-state index contributed by atoms with van der Waals surface area (Å²) < 4.78 is 15.5. The van der Waals surface area contributed by atoms with E-state index in [1.54, 1.807) is 18.2 Å². The predicted octanol–water partition coefficient (Wildman–Crippen LogP) is 3.17. The molecule has 5 nitrogen and oxygen atoms in total. The van der Waals surface area contributed by atoms with Crippen LogP contribution in [0.25, 0.3) is 5.69 Å². The Morgan fingerprint density at radius 2 is 1.85 bits per heavy atom. The Kier molecular flexibility index (Phi) is 6.01. The van der Waals surface area contributed by atoms with Gasteiger partial charge in [-0.25, -0.2) is 4.39 Å². The van der Waals surface area contributed by atoms with Gasteiger partial charge in [0.05, 0.1) is 5.75 Å². The number of nitrogens with one attached hydrogen (secondary N) is 1. The zero-order chi connectivity index (χ0) is 18.4. The maximum atomic E-state index is 13.6. The number of para-hydroxylation sites is 1. The molecule has 0 aliphatic heterocycles. The lowest BCUT2D eigenvalue weighted by Gasteiger charge is -2.08. The molecule has 0 atom stereocenters. The smallest absolute Gasteiger partial charge is 0.230 e. The first-order valence-electron chi connectivity index (χ1n) is 8.25. The van der Waals surface area contributed by atoms with Crippen LogP contribution in [0.2, 0.25) is 0 Å². The van der Waals surface area contributed by atoms with Crippen molar-refractivity contribution in [1.29, 1.82) is 0 Å². The van der Waals surface area contributed by atoms with Crippen LogP contribution in [0.5, 0.6) is 0 Å². The zero-order valence-electron chi connectivity index (χ0n) is 14.4. The van der Waals surface area contributed by atoms with Gasteiger partial charge in [-0.2, -0.15) is 0 Å². The minimum atomic E-state index is -0.248. The van der Waals surface area contributed by atoms with Gasteiger partial charge < -0.3 is 5.32 Å². The molecule has 1 N–H and O–H groups in total. The second-order valence-corrected chi connectivity index (χ2v) is 6.62. The van der Waals surface area contributed by atoms with Gasteiger partial charge in [0, 0.05) is 12.2 Å². The van der Waals surface area contributed by atoms with Crippen molar-refractivity contribution in [3.63, 3.8) is 0 Å². The topological polar surface area (TPSA) is 59.8 Å². The van der Waals surface area contributed by atoms with Gasteiger partial charge in [0.2, 0.25) is 5.91 Å². The third-order valence-electron chi connectivity index (χ3n) is 3.82. The van der Waals surface area contributed by atoms with Crippen LogP contribution in [-0.2, 0) is 11.2 Å². The highest BCUT2D eigenvalue weighted by atomic mass is 32.2. The standard InChI is InChI=1S/C19H19FN4OS/c1-14-22-23-19(24(14)16-8-3-2-4-9-16)26-13-18(25)21-12-11-15-7-5-6-10-17(15)20/h2-10H,11-13H2,1H3,(H,21,25). The molecule has 0 saturated heterocycles. The number of rotatable bonds is 7. The molecule has 0 aliphatic carbocycles. The van der Waals surface area contributed by atoms with Crippen molar-refractivity contribution in [1.82, 2.24) is 20.1 Å². The SMILES string of the molecule is Cc1nnc(SCC(=O)NCCc2ccccc2F)n1-c1ccccc1. The Morgan fingerprint density at radius 3 is 2.62 bits per heavy atom. The molecule has 134 valence electrons. The lowest BCUT2D eigenvalue weighted by molar-refractivity contribution is -0.118. The lowest BCUT2D eigenvalue weighted by atomic mass is 10.1. The number of hydrogen-bond acceptors (Lipinski definition) is 4. The number of nitrogens with zero attached hydrogens (tertiary/aromatic N) is 3. The van der Waals surface area contributed by atoms with Crippen LogP contribution in [0.1, 0.15) is 11.4 Å². The van der Waals surface area contributed by atoms with E-state index in [2.05, 4.69) is 15.5 Å². The molecule has 1 aromatic heterocycles. The van der Waals surface area contributed by atoms with Gasteiger partial charge in [-0.3, -0.25) is 9.36 Å². The van der Waals surface area contributed by atoms with Crippen LogP contribution in [0.4, 0.5) is 4.39 Å². The molecule has 0 radical (unpaired) electrons. The molecule has 1 heterocycles. The van der Waals surface area contributed by atoms with Gasteiger partial charge in [0.15, 0.2) is 5.16 Å². The summed E-state index contributed by atoms with van der Waals surface area (Å²) >= 11 is 1.32. The minimum absolute atomic E-state index is 0.119. The monoisotopic (exact) mass is 370 g/mol. The normalized spacial score (nSPS) is 10.7. The average molecular weight is 370 g/mol. The van der Waals surface area contributed by atoms with Crippen LogP contribution in [0.3, 0.4) is 0 Å². The molecule has 3 rings (SSSR count). The molecule has 0 fully saturated rings. The Bertz CT molecular complexity index is 882. The molecular weight excluding hydrogens is 351 g/mol. The first-order chi connectivity index (χ1) is 12.6. The molecule has 0 bridgehead atoms. The van der Waals surface area contributed by atoms with E-state index >= 15 is 0 Å². The highest BCUT2D eigenvalue weighted by Crippen LogP contribution is 2.21. The summed E-state index contributed by atoms with van der Waals surface area (Å²) in [5.74, 6) is 0.621. The molecular formula is C19H19FN4OS. The molecule has 7 heteroatoms. The molecule has 0 saturated carbocycles. The van der Waals surface area contributed by atoms with Crippen molar-refractivity contribution in [2.24, 2.45) is 0 Å². The van der Waals surface area contributed by atoms with E-state index in [4.69, 9.17) is 0 Å². The van der Waals surface area contributed by atoms with E-state index in [0.717, 1.165) is 11.5 Å². The molecule has 1 amide bonds. The number of hydrogen-bond donors (Lipinski definition) is 1. The number of aryl methyl sites for hydroxylation is 1. The predicted molar refractivity (Wildman–Crippen MR) is 99.9 cm³/mol. The van der Waals surface area contributed by atoms with Crippen LogP contribution in [0, 0.1) is 12.7 Å². The maximum Gasteiger partial charge on any atom is 0.230 e. The number of carbonyl (C=O) groups is 1. The summed E-state index contributed by atoms with van der Waals surface area (Å²) in [5, 5.41) is 11.7. The first-order valence-corrected chi connectivity index (χ1v) is 9.24. The van der Waals surface area contributed by atoms with Gasteiger partial charge in [-0.15, -0.1) is 10.2 Å². The number of amides is 1. The van der Waals surface area contributed by atoms with Crippen molar-refractivity contribution in [3.05, 3.63) is 71.8 Å². The van der Waals surface area contributed by atoms with Gasteiger partial charge in [-0.1, -0.05) is 48.2 Å². The summed E-state index contributed by atoms with van der Waals surface area (Å²) in [5.41, 5.74) is 1.55. The van der Waals surface area contributed by atoms with E-state index in [9.17, 15) is 9.18 Å². The largest absolute Gasteiger partial charge is 0.355 e. The van der Waals surface area contributed by atoms with E-state index in [1.165, 1.54) is 17.8 Å². The van der Waals surface area contributed by atoms with Crippen LogP contribution < -0.4 is 5.32 Å². The zero-order valence-corrected chi connectivity index (χ0v) is 15.2. The van der Waals surface area contributed by atoms with Gasteiger partial charge in [0.1, 0.15) is 11.6 Å². The summed E-state index contributed by atoms with van der Waals surface area (Å²) in [6.45, 7) is 2.27. The van der Waals surface area contributed by atoms with Crippen LogP contribution in [-0.4, -0.2) is 33.0 Å². The van der Waals surface area contributed by atoms with Crippen molar-refractivity contribution >= 4 is 17.7 Å². The molecule has 0 unspecified atom stereocenters. The van der Waals surface area contributed by atoms with Gasteiger partial charge in [-0.05, 0) is 37.1 Å². The molecule has 26 heavy (non-hydrogen) atoms. The highest BCUT2D eigenvalue weighted by Gasteiger charge is 2.13. The number of halogens is 1. The number of carbonyl (C=O) groups excluding carboxylic acids is 1. The summed E-state index contributed by atoms with van der Waals surface area (Å²) in [6.07, 6.45) is 0.461.